The van der Waals surface area contributed by atoms with Gasteiger partial charge in [-0.25, -0.2) is 0 Å². The molecule has 12 unspecified atom stereocenters. The van der Waals surface area contributed by atoms with Crippen LogP contribution in [0.15, 0.2) is 0 Å². The van der Waals surface area contributed by atoms with Gasteiger partial charge in [-0.3, -0.25) is 4.79 Å². The number of Topliss-reactive ketones (excluding diaryl/α,β-unsaturated/α-hetero) is 1. The molecule has 3 saturated carbocycles. The number of nitrogens with two attached hydrogens (primary N) is 1. The summed E-state index contributed by atoms with van der Waals surface area (Å²) in [6.07, 6.45) is 9.80. The van der Waals surface area contributed by atoms with Crippen LogP contribution in [0.3, 0.4) is 0 Å². The molecule has 0 aromatic carbocycles. The van der Waals surface area contributed by atoms with E-state index in [9.17, 15) is 25.2 Å². The maximum absolute atomic E-state index is 14.4. The third-order valence-electron chi connectivity index (χ3n) is 12.2. The highest BCUT2D eigenvalue weighted by atomic mass is 16.5. The van der Waals surface area contributed by atoms with Crippen LogP contribution in [0, 0.1) is 35.0 Å². The number of hydrogen-bond donors (Lipinski definition) is 6. The fourth-order valence-corrected chi connectivity index (χ4v) is 10.1. The summed E-state index contributed by atoms with van der Waals surface area (Å²) in [5.41, 5.74) is 6.16. The molecule has 0 radical (unpaired) electrons. The summed E-state index contributed by atoms with van der Waals surface area (Å²) in [6, 6.07) is 0. The Kier molecular flexibility index (Phi) is 11.4. The topological polar surface area (TPSA) is 154 Å². The van der Waals surface area contributed by atoms with E-state index in [0.717, 1.165) is 77.2 Å². The van der Waals surface area contributed by atoms with Crippen LogP contribution in [0.5, 0.6) is 0 Å². The van der Waals surface area contributed by atoms with Crippen LogP contribution in [-0.2, 0) is 14.3 Å². The fraction of sp³-hybridized carbons (Fsp3) is 0.970. The Balaban J connectivity index is 1.31. The van der Waals surface area contributed by atoms with Gasteiger partial charge >= 0.3 is 0 Å². The minimum Gasteiger partial charge on any atom is -0.392 e. The largest absolute Gasteiger partial charge is 0.392 e. The molecule has 9 heteroatoms. The van der Waals surface area contributed by atoms with Crippen molar-refractivity contribution < 1.29 is 34.7 Å². The number of hydrogen-bond acceptors (Lipinski definition) is 9. The van der Waals surface area contributed by atoms with Gasteiger partial charge in [0.1, 0.15) is 11.9 Å². The summed E-state index contributed by atoms with van der Waals surface area (Å²) in [7, 11) is 1.56. The van der Waals surface area contributed by atoms with Crippen LogP contribution >= 0.6 is 0 Å². The number of carbonyl (C=O) groups excluding carboxylic acids is 1. The normalized spacial score (nSPS) is 42.0. The molecule has 0 aromatic rings. The quantitative estimate of drug-likeness (QED) is 0.212. The monoisotopic (exact) mass is 594 g/mol. The zero-order chi connectivity index (χ0) is 29.9. The first-order chi connectivity index (χ1) is 20.2. The minimum absolute atomic E-state index is 0.0767. The van der Waals surface area contributed by atoms with Gasteiger partial charge in [0.2, 0.25) is 0 Å². The van der Waals surface area contributed by atoms with Crippen molar-refractivity contribution in [2.75, 3.05) is 20.3 Å². The first-order valence-electron chi connectivity index (χ1n) is 17.1. The average Bonchev–Trinajstić information content (AvgIpc) is 3.48. The van der Waals surface area contributed by atoms with Gasteiger partial charge in [-0.05, 0) is 119 Å². The fourth-order valence-electron chi connectivity index (χ4n) is 10.1. The lowest BCUT2D eigenvalue weighted by atomic mass is 9.58. The van der Waals surface area contributed by atoms with Crippen LogP contribution in [0.25, 0.3) is 0 Å². The SMILES string of the molecule is COC1CC(CCC(=O)C(C(O)CCC2CCC(O)C3OCCCC23)C2(C3CCNC(N)C3)CCCC2)CC(O)C1O. The van der Waals surface area contributed by atoms with Crippen molar-refractivity contribution in [3.05, 3.63) is 0 Å². The van der Waals surface area contributed by atoms with E-state index in [0.29, 0.717) is 56.5 Å². The molecule has 0 aromatic heterocycles. The van der Waals surface area contributed by atoms with Crippen LogP contribution in [0.1, 0.15) is 103 Å². The van der Waals surface area contributed by atoms with E-state index in [2.05, 4.69) is 5.32 Å². The minimum atomic E-state index is -0.891. The summed E-state index contributed by atoms with van der Waals surface area (Å²) in [5.74, 6) is 0.874. The number of nitrogens with one attached hydrogen (secondary N) is 1. The number of carbonyl (C=O) groups is 1. The highest BCUT2D eigenvalue weighted by Gasteiger charge is 2.53. The second-order valence-corrected chi connectivity index (χ2v) is 14.6. The van der Waals surface area contributed by atoms with Gasteiger partial charge in [-0.2, -0.15) is 0 Å². The number of ketones is 1. The number of piperidine rings is 1. The summed E-state index contributed by atoms with van der Waals surface area (Å²) in [5, 5.41) is 46.7. The van der Waals surface area contributed by atoms with Crippen molar-refractivity contribution in [2.45, 2.75) is 146 Å². The van der Waals surface area contributed by atoms with Crippen molar-refractivity contribution in [1.29, 1.82) is 0 Å². The lowest BCUT2D eigenvalue weighted by molar-refractivity contribution is -0.142. The number of methoxy groups -OCH3 is 1. The molecule has 5 rings (SSSR count). The number of aliphatic hydroxyl groups excluding tert-OH is 4. The predicted octanol–water partition coefficient (Wildman–Crippen LogP) is 2.65. The highest BCUT2D eigenvalue weighted by Crippen LogP contribution is 2.55. The van der Waals surface area contributed by atoms with Gasteiger partial charge in [0, 0.05) is 26.1 Å². The zero-order valence-corrected chi connectivity index (χ0v) is 25.7. The standard InChI is InChI=1S/C33H58N2O7/c1-41-28-18-20(17-27(39)31(28)40)6-9-24(36)30(33(13-2-3-14-33)22-12-15-35-29(34)19-22)25(37)10-7-21-8-11-26(38)32-23(21)5-4-16-42-32/h20-23,25-32,35,37-40H,2-19,34H2,1H3. The molecule has 42 heavy (non-hydrogen) atoms. The smallest absolute Gasteiger partial charge is 0.139 e. The molecule has 9 nitrogen and oxygen atoms in total. The summed E-state index contributed by atoms with van der Waals surface area (Å²) >= 11 is 0. The second-order valence-electron chi connectivity index (χ2n) is 14.6. The lowest BCUT2D eigenvalue weighted by Gasteiger charge is -2.48. The molecule has 0 spiro atoms. The Labute approximate surface area is 252 Å². The van der Waals surface area contributed by atoms with E-state index in [1.165, 1.54) is 0 Å². The van der Waals surface area contributed by atoms with Gasteiger partial charge in [-0.15, -0.1) is 0 Å². The van der Waals surface area contributed by atoms with E-state index < -0.39 is 36.4 Å². The van der Waals surface area contributed by atoms with Crippen LogP contribution in [0.4, 0.5) is 0 Å². The van der Waals surface area contributed by atoms with Crippen molar-refractivity contribution in [3.8, 4) is 0 Å². The number of fused-ring (bicyclic) bond motifs is 1. The number of ether oxygens (including phenoxy) is 2. The van der Waals surface area contributed by atoms with Crippen LogP contribution in [0.2, 0.25) is 0 Å². The second kappa shape index (κ2) is 14.6. The van der Waals surface area contributed by atoms with E-state index in [-0.39, 0.29) is 29.4 Å². The van der Waals surface area contributed by atoms with E-state index >= 15 is 0 Å². The Morgan fingerprint density at radius 3 is 2.55 bits per heavy atom. The van der Waals surface area contributed by atoms with Crippen LogP contribution < -0.4 is 11.1 Å². The van der Waals surface area contributed by atoms with Gasteiger partial charge in [0.05, 0.1) is 36.7 Å². The summed E-state index contributed by atoms with van der Waals surface area (Å²) in [6.45, 7) is 1.56. The maximum Gasteiger partial charge on any atom is 0.139 e. The first-order valence-corrected chi connectivity index (χ1v) is 17.1. The van der Waals surface area contributed by atoms with Gasteiger partial charge < -0.3 is 41.0 Å². The Hall–Kier alpha value is -0.650. The van der Waals surface area contributed by atoms with Crippen molar-refractivity contribution in [3.63, 3.8) is 0 Å². The zero-order valence-electron chi connectivity index (χ0n) is 25.7. The molecular formula is C33H58N2O7. The lowest BCUT2D eigenvalue weighted by Crippen LogP contribution is -2.53. The molecule has 2 saturated heterocycles. The molecule has 2 heterocycles. The molecule has 242 valence electrons. The molecule has 3 aliphatic carbocycles. The molecule has 0 bridgehead atoms. The van der Waals surface area contributed by atoms with Crippen molar-refractivity contribution in [1.82, 2.24) is 5.32 Å². The van der Waals surface area contributed by atoms with Crippen molar-refractivity contribution >= 4 is 5.78 Å². The molecule has 5 aliphatic rings. The van der Waals surface area contributed by atoms with Gasteiger partial charge in [0.25, 0.3) is 0 Å². The van der Waals surface area contributed by atoms with Crippen LogP contribution in [-0.4, -0.2) is 89.3 Å². The molecule has 7 N–H and O–H groups in total. The van der Waals surface area contributed by atoms with Crippen molar-refractivity contribution in [2.24, 2.45) is 40.7 Å². The Morgan fingerprint density at radius 2 is 1.81 bits per heavy atom. The highest BCUT2D eigenvalue weighted by molar-refractivity contribution is 5.82. The summed E-state index contributed by atoms with van der Waals surface area (Å²) < 4.78 is 11.4. The molecule has 5 fully saturated rings. The number of aliphatic hydroxyl groups is 4. The number of rotatable bonds is 11. The average molecular weight is 595 g/mol. The molecule has 2 aliphatic heterocycles. The Morgan fingerprint density at radius 1 is 1.02 bits per heavy atom. The summed E-state index contributed by atoms with van der Waals surface area (Å²) in [4.78, 5) is 14.4. The van der Waals surface area contributed by atoms with Gasteiger partial charge in [0.15, 0.2) is 0 Å². The predicted molar refractivity (Wildman–Crippen MR) is 159 cm³/mol. The maximum atomic E-state index is 14.4. The van der Waals surface area contributed by atoms with Gasteiger partial charge in [-0.1, -0.05) is 12.8 Å². The molecule has 12 atom stereocenters. The van der Waals surface area contributed by atoms with E-state index in [1.54, 1.807) is 7.11 Å². The van der Waals surface area contributed by atoms with E-state index in [4.69, 9.17) is 15.2 Å². The Bertz CT molecular complexity index is 869. The third-order valence-corrected chi connectivity index (χ3v) is 12.2. The molecular weight excluding hydrogens is 536 g/mol. The molecule has 0 amide bonds. The third kappa shape index (κ3) is 7.09. The van der Waals surface area contributed by atoms with E-state index in [1.807, 2.05) is 0 Å². The first kappa shape index (κ1) is 32.7.